The highest BCUT2D eigenvalue weighted by Gasteiger charge is 2.47. The molecule has 0 aromatic heterocycles. The zero-order chi connectivity index (χ0) is 21.0. The molecule has 2 aromatic rings. The summed E-state index contributed by atoms with van der Waals surface area (Å²) in [6.45, 7) is -0.529. The Bertz CT molecular complexity index is 818. The van der Waals surface area contributed by atoms with E-state index in [9.17, 15) is 15.3 Å². The van der Waals surface area contributed by atoms with Crippen LogP contribution in [0.3, 0.4) is 0 Å². The van der Waals surface area contributed by atoms with Crippen molar-refractivity contribution in [3.05, 3.63) is 58.6 Å². The van der Waals surface area contributed by atoms with Gasteiger partial charge >= 0.3 is 5.24 Å². The number of rotatable bonds is 5. The Morgan fingerprint density at radius 1 is 0.931 bits per heavy atom. The molecule has 2 aromatic carbocycles. The Kier molecular flexibility index (Phi) is 7.53. The Balaban J connectivity index is 1.70. The summed E-state index contributed by atoms with van der Waals surface area (Å²) >= 11 is 16.7. The van der Waals surface area contributed by atoms with Gasteiger partial charge in [0.25, 0.3) is 0 Å². The average molecular weight is 461 g/mol. The molecule has 1 saturated heterocycles. The third-order valence-corrected chi connectivity index (χ3v) is 4.82. The Labute approximate surface area is 182 Å². The largest absolute Gasteiger partial charge is 0.462 e. The molecule has 5 atom stereocenters. The maximum atomic E-state index is 10.6. The van der Waals surface area contributed by atoms with Crippen molar-refractivity contribution in [1.82, 2.24) is 0 Å². The van der Waals surface area contributed by atoms with E-state index in [1.165, 1.54) is 0 Å². The molecule has 156 valence electrons. The van der Waals surface area contributed by atoms with Crippen LogP contribution in [0.1, 0.15) is 0 Å². The van der Waals surface area contributed by atoms with Gasteiger partial charge in [-0.3, -0.25) is 0 Å². The van der Waals surface area contributed by atoms with Crippen molar-refractivity contribution in [3.63, 3.8) is 0 Å². The van der Waals surface area contributed by atoms with Gasteiger partial charge in [-0.05, 0) is 48.5 Å². The summed E-state index contributed by atoms with van der Waals surface area (Å²) in [5, 5.41) is 31.2. The fourth-order valence-electron chi connectivity index (χ4n) is 2.67. The van der Waals surface area contributed by atoms with Crippen LogP contribution in [0.25, 0.3) is 0 Å². The summed E-state index contributed by atoms with van der Waals surface area (Å²) < 4.78 is 21.9. The molecular formula is C19H18Cl2O7S. The summed E-state index contributed by atoms with van der Waals surface area (Å²) in [5.41, 5.74) is 0. The van der Waals surface area contributed by atoms with Crippen LogP contribution in [0.2, 0.25) is 10.0 Å². The van der Waals surface area contributed by atoms with E-state index in [0.29, 0.717) is 21.5 Å². The standard InChI is InChI=1S/C19H18Cl2O7S/c20-10-1-5-12(6-2-10)25-18-16(24)17(15(23)14(9-22)27-18)28-19(29)26-13-7-3-11(21)4-8-13/h1-8,14-18,22-24H,9H2/t14-,15+,16-,17+,18-/m1/s1. The topological polar surface area (TPSA) is 97.6 Å². The molecular weight excluding hydrogens is 443 g/mol. The zero-order valence-corrected chi connectivity index (χ0v) is 17.2. The second-order valence-electron chi connectivity index (χ2n) is 6.17. The van der Waals surface area contributed by atoms with Crippen molar-refractivity contribution in [2.24, 2.45) is 0 Å². The van der Waals surface area contributed by atoms with Gasteiger partial charge in [0.1, 0.15) is 23.7 Å². The van der Waals surface area contributed by atoms with Gasteiger partial charge in [-0.25, -0.2) is 0 Å². The minimum Gasteiger partial charge on any atom is -0.462 e. The van der Waals surface area contributed by atoms with E-state index in [1.54, 1.807) is 48.5 Å². The third-order valence-electron chi connectivity index (χ3n) is 4.13. The molecule has 7 nitrogen and oxygen atoms in total. The fourth-order valence-corrected chi connectivity index (χ4v) is 3.13. The fraction of sp³-hybridized carbons (Fsp3) is 0.316. The van der Waals surface area contributed by atoms with Crippen LogP contribution < -0.4 is 9.47 Å². The highest BCUT2D eigenvalue weighted by molar-refractivity contribution is 7.79. The highest BCUT2D eigenvalue weighted by atomic mass is 35.5. The van der Waals surface area contributed by atoms with Crippen molar-refractivity contribution in [1.29, 1.82) is 0 Å². The number of aliphatic hydroxyl groups is 3. The molecule has 3 N–H and O–H groups in total. The minimum atomic E-state index is -1.43. The van der Waals surface area contributed by atoms with Gasteiger partial charge in [0.2, 0.25) is 6.29 Å². The third kappa shape index (κ3) is 5.70. The second kappa shape index (κ2) is 9.90. The van der Waals surface area contributed by atoms with Crippen molar-refractivity contribution in [3.8, 4) is 11.5 Å². The van der Waals surface area contributed by atoms with E-state index in [2.05, 4.69) is 0 Å². The second-order valence-corrected chi connectivity index (χ2v) is 7.37. The predicted octanol–water partition coefficient (Wildman–Crippen LogP) is 2.56. The molecule has 0 amide bonds. The lowest BCUT2D eigenvalue weighted by molar-refractivity contribution is -0.275. The van der Waals surface area contributed by atoms with Crippen LogP contribution in [0, 0.1) is 0 Å². The first-order valence-electron chi connectivity index (χ1n) is 8.56. The van der Waals surface area contributed by atoms with Gasteiger partial charge in [-0.2, -0.15) is 0 Å². The first-order chi connectivity index (χ1) is 13.9. The molecule has 1 aliphatic rings. The predicted molar refractivity (Wildman–Crippen MR) is 109 cm³/mol. The molecule has 0 spiro atoms. The number of halogens is 2. The summed E-state index contributed by atoms with van der Waals surface area (Å²) in [6, 6.07) is 12.8. The molecule has 1 aliphatic heterocycles. The summed E-state index contributed by atoms with van der Waals surface area (Å²) in [5.74, 6) is 0.730. The number of ether oxygens (including phenoxy) is 4. The minimum absolute atomic E-state index is 0.334. The lowest BCUT2D eigenvalue weighted by Gasteiger charge is -2.41. The van der Waals surface area contributed by atoms with Gasteiger partial charge in [-0.15, -0.1) is 0 Å². The van der Waals surface area contributed by atoms with Crippen LogP contribution in [-0.4, -0.2) is 57.9 Å². The van der Waals surface area contributed by atoms with Crippen LogP contribution in [-0.2, 0) is 9.47 Å². The molecule has 10 heteroatoms. The summed E-state index contributed by atoms with van der Waals surface area (Å²) in [7, 11) is 0. The molecule has 1 fully saturated rings. The Morgan fingerprint density at radius 3 is 2.03 bits per heavy atom. The zero-order valence-electron chi connectivity index (χ0n) is 14.9. The summed E-state index contributed by atoms with van der Waals surface area (Å²) in [4.78, 5) is 0. The van der Waals surface area contributed by atoms with E-state index in [-0.39, 0.29) is 5.24 Å². The number of thiocarbonyl (C=S) groups is 1. The van der Waals surface area contributed by atoms with Gasteiger partial charge < -0.3 is 34.3 Å². The number of hydrogen-bond acceptors (Lipinski definition) is 8. The van der Waals surface area contributed by atoms with Crippen molar-refractivity contribution >= 4 is 40.7 Å². The van der Waals surface area contributed by atoms with Gasteiger partial charge in [0, 0.05) is 22.3 Å². The lowest BCUT2D eigenvalue weighted by Crippen LogP contribution is -2.61. The van der Waals surface area contributed by atoms with Crippen LogP contribution in [0.15, 0.2) is 48.5 Å². The normalized spacial score (nSPS) is 26.6. The van der Waals surface area contributed by atoms with Gasteiger partial charge in [0.05, 0.1) is 6.61 Å². The summed E-state index contributed by atoms with van der Waals surface area (Å²) in [6.07, 6.45) is -6.39. The highest BCUT2D eigenvalue weighted by Crippen LogP contribution is 2.27. The Morgan fingerprint density at radius 2 is 1.48 bits per heavy atom. The van der Waals surface area contributed by atoms with E-state index in [1.807, 2.05) is 0 Å². The van der Waals surface area contributed by atoms with Crippen molar-refractivity contribution in [2.75, 3.05) is 6.61 Å². The number of benzene rings is 2. The maximum Gasteiger partial charge on any atom is 0.358 e. The molecule has 0 saturated carbocycles. The number of aliphatic hydroxyl groups excluding tert-OH is 3. The van der Waals surface area contributed by atoms with E-state index >= 15 is 0 Å². The van der Waals surface area contributed by atoms with E-state index in [4.69, 9.17) is 54.4 Å². The molecule has 1 heterocycles. The quantitative estimate of drug-likeness (QED) is 0.585. The Hall–Kier alpha value is -1.65. The molecule has 29 heavy (non-hydrogen) atoms. The average Bonchev–Trinajstić information content (AvgIpc) is 2.70. The lowest BCUT2D eigenvalue weighted by atomic mass is 9.99. The molecule has 0 radical (unpaired) electrons. The SMILES string of the molecule is OC[C@H]1O[C@@H](Oc2ccc(Cl)cc2)[C@H](O)[C@@H](OC(=S)Oc2ccc(Cl)cc2)[C@H]1O. The van der Waals surface area contributed by atoms with Crippen LogP contribution >= 0.6 is 35.4 Å². The van der Waals surface area contributed by atoms with Crippen molar-refractivity contribution < 1.29 is 34.3 Å². The van der Waals surface area contributed by atoms with Gasteiger partial charge in [0.15, 0.2) is 12.2 Å². The number of hydrogen-bond donors (Lipinski definition) is 3. The molecule has 0 unspecified atom stereocenters. The van der Waals surface area contributed by atoms with Gasteiger partial charge in [-0.1, -0.05) is 23.2 Å². The van der Waals surface area contributed by atoms with E-state index < -0.39 is 37.3 Å². The first-order valence-corrected chi connectivity index (χ1v) is 9.72. The molecule has 0 bridgehead atoms. The maximum absolute atomic E-state index is 10.6. The molecule has 0 aliphatic carbocycles. The van der Waals surface area contributed by atoms with Crippen molar-refractivity contribution in [2.45, 2.75) is 30.7 Å². The van der Waals surface area contributed by atoms with Crippen LogP contribution in [0.5, 0.6) is 11.5 Å². The first kappa shape index (κ1) is 22.0. The molecule has 3 rings (SSSR count). The smallest absolute Gasteiger partial charge is 0.358 e. The monoisotopic (exact) mass is 460 g/mol. The van der Waals surface area contributed by atoms with E-state index in [0.717, 1.165) is 0 Å². The van der Waals surface area contributed by atoms with Crippen LogP contribution in [0.4, 0.5) is 0 Å².